The number of piperidine rings is 1. The van der Waals surface area contributed by atoms with Gasteiger partial charge in [-0.1, -0.05) is 12.1 Å². The lowest BCUT2D eigenvalue weighted by molar-refractivity contribution is -0.134. The summed E-state index contributed by atoms with van der Waals surface area (Å²) in [6.07, 6.45) is 4.73. The lowest BCUT2D eigenvalue weighted by Crippen LogP contribution is -2.44. The third-order valence-electron chi connectivity index (χ3n) is 3.30. The highest BCUT2D eigenvalue weighted by molar-refractivity contribution is 5.78. The van der Waals surface area contributed by atoms with E-state index in [9.17, 15) is 4.79 Å². The van der Waals surface area contributed by atoms with Gasteiger partial charge in [-0.3, -0.25) is 4.79 Å². The van der Waals surface area contributed by atoms with Gasteiger partial charge in [-0.05, 0) is 25.7 Å². The molecule has 1 amide bonds. The number of carbonyl (C=O) groups excluding carboxylic acids is 1. The van der Waals surface area contributed by atoms with E-state index in [1.165, 1.54) is 6.42 Å². The van der Waals surface area contributed by atoms with Crippen molar-refractivity contribution in [2.45, 2.75) is 52.0 Å². The summed E-state index contributed by atoms with van der Waals surface area (Å²) in [6, 6.07) is 0.393. The Kier molecular flexibility index (Phi) is 3.76. The summed E-state index contributed by atoms with van der Waals surface area (Å²) in [7, 11) is 0. The molecule has 2 heterocycles. The fraction of sp³-hybridized carbons (Fsp3) is 0.750. The molecule has 5 nitrogen and oxygen atoms in total. The van der Waals surface area contributed by atoms with E-state index in [1.54, 1.807) is 6.92 Å². The number of aromatic nitrogens is 2. The van der Waals surface area contributed by atoms with Crippen molar-refractivity contribution in [3.05, 3.63) is 11.7 Å². The molecule has 17 heavy (non-hydrogen) atoms. The molecule has 1 unspecified atom stereocenters. The Morgan fingerprint density at radius 2 is 2.35 bits per heavy atom. The summed E-state index contributed by atoms with van der Waals surface area (Å²) in [4.78, 5) is 18.2. The Hall–Kier alpha value is -1.39. The highest BCUT2D eigenvalue weighted by Gasteiger charge is 2.26. The van der Waals surface area contributed by atoms with E-state index in [0.29, 0.717) is 17.8 Å². The monoisotopic (exact) mass is 237 g/mol. The molecule has 1 aliphatic rings. The highest BCUT2D eigenvalue weighted by atomic mass is 16.5. The number of aryl methyl sites for hydroxylation is 1. The molecule has 0 aliphatic carbocycles. The van der Waals surface area contributed by atoms with Gasteiger partial charge in [0.05, 0.1) is 6.42 Å². The topological polar surface area (TPSA) is 59.2 Å². The molecule has 1 aromatic rings. The number of likely N-dealkylation sites (tertiary alicyclic amines) is 1. The van der Waals surface area contributed by atoms with E-state index in [4.69, 9.17) is 4.52 Å². The SMILES string of the molecule is CCC1CCCCN1C(=O)Cc1noc(C)n1. The van der Waals surface area contributed by atoms with Gasteiger partial charge in [0.2, 0.25) is 11.8 Å². The minimum atomic E-state index is 0.123. The maximum Gasteiger partial charge on any atom is 0.230 e. The minimum Gasteiger partial charge on any atom is -0.340 e. The van der Waals surface area contributed by atoms with Crippen LogP contribution in [0.4, 0.5) is 0 Å². The van der Waals surface area contributed by atoms with Crippen LogP contribution in [0, 0.1) is 6.92 Å². The molecule has 0 radical (unpaired) electrons. The van der Waals surface area contributed by atoms with Crippen molar-refractivity contribution in [1.29, 1.82) is 0 Å². The van der Waals surface area contributed by atoms with E-state index >= 15 is 0 Å². The molecule has 1 atom stereocenters. The Balaban J connectivity index is 1.98. The van der Waals surface area contributed by atoms with Gasteiger partial charge in [-0.25, -0.2) is 0 Å². The van der Waals surface area contributed by atoms with Crippen molar-refractivity contribution >= 4 is 5.91 Å². The van der Waals surface area contributed by atoms with Crippen LogP contribution in [0.2, 0.25) is 0 Å². The van der Waals surface area contributed by atoms with Crippen LogP contribution >= 0.6 is 0 Å². The Morgan fingerprint density at radius 1 is 1.53 bits per heavy atom. The smallest absolute Gasteiger partial charge is 0.230 e. The number of carbonyl (C=O) groups is 1. The molecule has 0 aromatic carbocycles. The quantitative estimate of drug-likeness (QED) is 0.803. The summed E-state index contributed by atoms with van der Waals surface area (Å²) in [5.41, 5.74) is 0. The second kappa shape index (κ2) is 5.29. The first-order valence-electron chi connectivity index (χ1n) is 6.29. The predicted molar refractivity (Wildman–Crippen MR) is 62.4 cm³/mol. The van der Waals surface area contributed by atoms with Crippen LogP contribution in [0.15, 0.2) is 4.52 Å². The van der Waals surface area contributed by atoms with Crippen molar-refractivity contribution in [2.75, 3.05) is 6.54 Å². The second-order valence-corrected chi connectivity index (χ2v) is 4.55. The van der Waals surface area contributed by atoms with E-state index in [-0.39, 0.29) is 12.3 Å². The van der Waals surface area contributed by atoms with Crippen LogP contribution in [-0.2, 0) is 11.2 Å². The maximum atomic E-state index is 12.2. The molecule has 1 saturated heterocycles. The van der Waals surface area contributed by atoms with Gasteiger partial charge >= 0.3 is 0 Å². The van der Waals surface area contributed by atoms with Crippen LogP contribution in [0.5, 0.6) is 0 Å². The summed E-state index contributed by atoms with van der Waals surface area (Å²) in [5.74, 6) is 1.13. The van der Waals surface area contributed by atoms with Crippen LogP contribution in [-0.4, -0.2) is 33.5 Å². The average molecular weight is 237 g/mol. The van der Waals surface area contributed by atoms with Crippen LogP contribution < -0.4 is 0 Å². The van der Waals surface area contributed by atoms with Crippen LogP contribution in [0.25, 0.3) is 0 Å². The molecule has 0 bridgehead atoms. The molecular formula is C12H19N3O2. The minimum absolute atomic E-state index is 0.123. The van der Waals surface area contributed by atoms with Gasteiger partial charge in [0.1, 0.15) is 0 Å². The summed E-state index contributed by atoms with van der Waals surface area (Å²) in [5, 5.41) is 3.77. The number of rotatable bonds is 3. The second-order valence-electron chi connectivity index (χ2n) is 4.55. The van der Waals surface area contributed by atoms with Gasteiger partial charge in [-0.2, -0.15) is 4.98 Å². The fourth-order valence-electron chi connectivity index (χ4n) is 2.40. The van der Waals surface area contributed by atoms with Crippen molar-refractivity contribution in [1.82, 2.24) is 15.0 Å². The Labute approximate surface area is 101 Å². The van der Waals surface area contributed by atoms with Crippen LogP contribution in [0.1, 0.15) is 44.3 Å². The summed E-state index contributed by atoms with van der Waals surface area (Å²) in [6.45, 7) is 4.74. The Bertz CT molecular complexity index is 389. The lowest BCUT2D eigenvalue weighted by Gasteiger charge is -2.35. The molecule has 1 fully saturated rings. The zero-order valence-electron chi connectivity index (χ0n) is 10.5. The van der Waals surface area contributed by atoms with Crippen LogP contribution in [0.3, 0.4) is 0 Å². The zero-order valence-corrected chi connectivity index (χ0v) is 10.5. The fourth-order valence-corrected chi connectivity index (χ4v) is 2.40. The van der Waals surface area contributed by atoms with Crippen molar-refractivity contribution in [3.8, 4) is 0 Å². The molecule has 0 spiro atoms. The first-order chi connectivity index (χ1) is 8.20. The number of hydrogen-bond acceptors (Lipinski definition) is 4. The molecule has 1 aromatic heterocycles. The molecule has 1 aliphatic heterocycles. The van der Waals surface area contributed by atoms with Gasteiger partial charge in [0, 0.05) is 19.5 Å². The van der Waals surface area contributed by atoms with Gasteiger partial charge < -0.3 is 9.42 Å². The molecule has 94 valence electrons. The molecule has 2 rings (SSSR count). The Morgan fingerprint density at radius 3 is 3.00 bits per heavy atom. The first kappa shape index (κ1) is 12.1. The number of nitrogens with zero attached hydrogens (tertiary/aromatic N) is 3. The standard InChI is InChI=1S/C12H19N3O2/c1-3-10-6-4-5-7-15(10)12(16)8-11-13-9(2)17-14-11/h10H,3-8H2,1-2H3. The third kappa shape index (κ3) is 2.84. The van der Waals surface area contributed by atoms with E-state index in [1.807, 2.05) is 4.90 Å². The maximum absolute atomic E-state index is 12.2. The molecule has 5 heteroatoms. The highest BCUT2D eigenvalue weighted by Crippen LogP contribution is 2.20. The normalized spacial score (nSPS) is 20.6. The van der Waals surface area contributed by atoms with Crippen molar-refractivity contribution in [3.63, 3.8) is 0 Å². The van der Waals surface area contributed by atoms with E-state index in [2.05, 4.69) is 17.1 Å². The number of hydrogen-bond donors (Lipinski definition) is 0. The zero-order chi connectivity index (χ0) is 12.3. The lowest BCUT2D eigenvalue weighted by atomic mass is 9.99. The predicted octanol–water partition coefficient (Wildman–Crippen LogP) is 1.71. The molecule has 0 N–H and O–H groups in total. The molecular weight excluding hydrogens is 218 g/mol. The van der Waals surface area contributed by atoms with Crippen molar-refractivity contribution < 1.29 is 9.32 Å². The first-order valence-corrected chi connectivity index (χ1v) is 6.29. The van der Waals surface area contributed by atoms with Gasteiger partial charge in [0.15, 0.2) is 5.82 Å². The largest absolute Gasteiger partial charge is 0.340 e. The van der Waals surface area contributed by atoms with Crippen molar-refractivity contribution in [2.24, 2.45) is 0 Å². The average Bonchev–Trinajstić information content (AvgIpc) is 2.74. The van der Waals surface area contributed by atoms with Gasteiger partial charge in [-0.15, -0.1) is 0 Å². The number of amides is 1. The summed E-state index contributed by atoms with van der Waals surface area (Å²) >= 11 is 0. The van der Waals surface area contributed by atoms with E-state index < -0.39 is 0 Å². The van der Waals surface area contributed by atoms with Gasteiger partial charge in [0.25, 0.3) is 0 Å². The van der Waals surface area contributed by atoms with E-state index in [0.717, 1.165) is 25.8 Å². The third-order valence-corrected chi connectivity index (χ3v) is 3.30. The summed E-state index contributed by atoms with van der Waals surface area (Å²) < 4.78 is 4.87. The molecule has 0 saturated carbocycles.